The normalized spacial score (nSPS) is 11.1. The third-order valence-electron chi connectivity index (χ3n) is 3.46. The summed E-state index contributed by atoms with van der Waals surface area (Å²) in [5.74, 6) is 0.600. The third-order valence-corrected chi connectivity index (χ3v) is 4.28. The van der Waals surface area contributed by atoms with E-state index in [4.69, 9.17) is 8.83 Å². The van der Waals surface area contributed by atoms with E-state index in [0.29, 0.717) is 39.5 Å². The first kappa shape index (κ1) is 16.1. The molecule has 3 aromatic rings. The summed E-state index contributed by atoms with van der Waals surface area (Å²) < 4.78 is 14.2. The monoisotopic (exact) mass is 440 g/mol. The summed E-state index contributed by atoms with van der Waals surface area (Å²) in [7, 11) is 1.74. The number of hydrogen-bond donors (Lipinski definition) is 0. The number of amides is 1. The van der Waals surface area contributed by atoms with Gasteiger partial charge in [-0.25, -0.2) is 0 Å². The van der Waals surface area contributed by atoms with Crippen LogP contribution in [-0.2, 0) is 13.1 Å². The quantitative estimate of drug-likeness (QED) is 0.534. The smallest absolute Gasteiger partial charge is 0.270 e. The molecule has 0 fully saturated rings. The second-order valence-electron chi connectivity index (χ2n) is 5.10. The van der Waals surface area contributed by atoms with Gasteiger partial charge in [-0.05, 0) is 44.0 Å². The molecule has 0 bridgehead atoms. The summed E-state index contributed by atoms with van der Waals surface area (Å²) in [4.78, 5) is 14.4. The molecule has 23 heavy (non-hydrogen) atoms. The largest absolute Gasteiger partial charge is 0.452 e. The minimum absolute atomic E-state index is 0.109. The van der Waals surface area contributed by atoms with Crippen LogP contribution in [-0.4, -0.2) is 22.4 Å². The number of furan rings is 2. The Morgan fingerprint density at radius 3 is 2.74 bits per heavy atom. The van der Waals surface area contributed by atoms with E-state index in [0.717, 1.165) is 5.52 Å². The fraction of sp³-hybridized carbons (Fsp3) is 0.188. The molecule has 0 aromatic carbocycles. The molecule has 3 rings (SSSR count). The molecule has 0 saturated heterocycles. The van der Waals surface area contributed by atoms with Crippen LogP contribution in [0.2, 0.25) is 0 Å². The van der Waals surface area contributed by atoms with Gasteiger partial charge >= 0.3 is 0 Å². The molecule has 5 nitrogen and oxygen atoms in total. The van der Waals surface area contributed by atoms with Crippen LogP contribution >= 0.6 is 31.9 Å². The number of nitrogens with zero attached hydrogens (tertiary/aromatic N) is 2. The highest BCUT2D eigenvalue weighted by atomic mass is 79.9. The van der Waals surface area contributed by atoms with Gasteiger partial charge in [-0.1, -0.05) is 6.08 Å². The Labute approximate surface area is 149 Å². The number of carbonyl (C=O) groups excluding carboxylic acids is 1. The van der Waals surface area contributed by atoms with Gasteiger partial charge in [0.05, 0.1) is 12.1 Å². The van der Waals surface area contributed by atoms with E-state index in [-0.39, 0.29) is 5.91 Å². The van der Waals surface area contributed by atoms with Crippen LogP contribution in [0.4, 0.5) is 0 Å². The lowest BCUT2D eigenvalue weighted by atomic mass is 10.3. The predicted molar refractivity (Wildman–Crippen MR) is 94.3 cm³/mol. The lowest BCUT2D eigenvalue weighted by Crippen LogP contribution is -2.28. The van der Waals surface area contributed by atoms with Crippen LogP contribution in [0.1, 0.15) is 16.2 Å². The molecule has 120 valence electrons. The first-order valence-electron chi connectivity index (χ1n) is 6.88. The van der Waals surface area contributed by atoms with Crippen molar-refractivity contribution in [3.05, 3.63) is 57.7 Å². The number of carbonyl (C=O) groups is 1. The van der Waals surface area contributed by atoms with Gasteiger partial charge in [-0.15, -0.1) is 6.58 Å². The van der Waals surface area contributed by atoms with Crippen LogP contribution in [0.15, 0.2) is 55.1 Å². The van der Waals surface area contributed by atoms with Gasteiger partial charge in [0.15, 0.2) is 14.9 Å². The summed E-state index contributed by atoms with van der Waals surface area (Å²) >= 11 is 6.57. The maximum atomic E-state index is 12.8. The molecule has 3 aromatic heterocycles. The molecular formula is C16H14Br2N2O3. The summed E-state index contributed by atoms with van der Waals surface area (Å²) in [6, 6.07) is 7.23. The molecule has 0 aliphatic rings. The van der Waals surface area contributed by atoms with Crippen LogP contribution in [0.5, 0.6) is 0 Å². The highest BCUT2D eigenvalue weighted by molar-refractivity contribution is 9.10. The van der Waals surface area contributed by atoms with Crippen molar-refractivity contribution in [1.82, 2.24) is 9.47 Å². The van der Waals surface area contributed by atoms with Crippen LogP contribution < -0.4 is 0 Å². The van der Waals surface area contributed by atoms with Crippen LogP contribution in [0.25, 0.3) is 11.1 Å². The summed E-state index contributed by atoms with van der Waals surface area (Å²) in [6.45, 7) is 4.66. The second kappa shape index (κ2) is 6.41. The van der Waals surface area contributed by atoms with Gasteiger partial charge in [0.1, 0.15) is 11.5 Å². The highest BCUT2D eigenvalue weighted by Gasteiger charge is 2.21. The highest BCUT2D eigenvalue weighted by Crippen LogP contribution is 2.28. The molecule has 3 heterocycles. The zero-order valence-corrected chi connectivity index (χ0v) is 15.6. The molecule has 0 unspecified atom stereocenters. The third kappa shape index (κ3) is 3.16. The standard InChI is InChI=1S/C16H14Br2N2O3/c1-3-6-20-11-8-15(18)23-13(11)7-12(20)16(21)19(2)9-10-4-5-14(17)22-10/h3-5,7-8H,1,6,9H2,2H3. The van der Waals surface area contributed by atoms with E-state index < -0.39 is 0 Å². The Morgan fingerprint density at radius 2 is 2.09 bits per heavy atom. The van der Waals surface area contributed by atoms with Gasteiger partial charge in [0.25, 0.3) is 5.91 Å². The van der Waals surface area contributed by atoms with Crippen LogP contribution in [0.3, 0.4) is 0 Å². The first-order chi connectivity index (χ1) is 11.0. The second-order valence-corrected chi connectivity index (χ2v) is 6.66. The van der Waals surface area contributed by atoms with E-state index >= 15 is 0 Å². The van der Waals surface area contributed by atoms with Crippen molar-refractivity contribution in [2.45, 2.75) is 13.1 Å². The minimum Gasteiger partial charge on any atom is -0.452 e. The summed E-state index contributed by atoms with van der Waals surface area (Å²) in [5, 5.41) is 0. The summed E-state index contributed by atoms with van der Waals surface area (Å²) in [6.07, 6.45) is 1.75. The van der Waals surface area contributed by atoms with Crippen molar-refractivity contribution < 1.29 is 13.6 Å². The Morgan fingerprint density at radius 1 is 1.30 bits per heavy atom. The van der Waals surface area contributed by atoms with Crippen molar-refractivity contribution in [1.29, 1.82) is 0 Å². The molecule has 0 saturated carbocycles. The fourth-order valence-corrected chi connectivity index (χ4v) is 3.18. The zero-order chi connectivity index (χ0) is 16.6. The number of rotatable bonds is 5. The Hall–Kier alpha value is -1.73. The van der Waals surface area contributed by atoms with Gasteiger partial charge in [0, 0.05) is 25.7 Å². The van der Waals surface area contributed by atoms with Gasteiger partial charge in [-0.2, -0.15) is 0 Å². The number of halogens is 2. The zero-order valence-electron chi connectivity index (χ0n) is 12.4. The Kier molecular flexibility index (Phi) is 4.50. The van der Waals surface area contributed by atoms with Crippen molar-refractivity contribution in [2.75, 3.05) is 7.05 Å². The molecular weight excluding hydrogens is 428 g/mol. The molecule has 0 spiro atoms. The number of aromatic nitrogens is 1. The summed E-state index contributed by atoms with van der Waals surface area (Å²) in [5.41, 5.74) is 2.07. The minimum atomic E-state index is -0.109. The van der Waals surface area contributed by atoms with E-state index in [9.17, 15) is 4.79 Å². The molecule has 0 aliphatic carbocycles. The van der Waals surface area contributed by atoms with Gasteiger partial charge < -0.3 is 18.3 Å². The maximum Gasteiger partial charge on any atom is 0.270 e. The van der Waals surface area contributed by atoms with Gasteiger partial charge in [-0.3, -0.25) is 4.79 Å². The molecule has 0 atom stereocenters. The van der Waals surface area contributed by atoms with Crippen molar-refractivity contribution in [3.63, 3.8) is 0 Å². The van der Waals surface area contributed by atoms with Crippen molar-refractivity contribution in [3.8, 4) is 0 Å². The van der Waals surface area contributed by atoms with E-state index in [1.54, 1.807) is 30.2 Å². The first-order valence-corrected chi connectivity index (χ1v) is 8.47. The Balaban J connectivity index is 1.91. The van der Waals surface area contributed by atoms with Crippen molar-refractivity contribution in [2.24, 2.45) is 0 Å². The SMILES string of the molecule is C=CCn1c(C(=O)N(C)Cc2ccc(Br)o2)cc2oc(Br)cc21. The van der Waals surface area contributed by atoms with E-state index in [2.05, 4.69) is 38.4 Å². The topological polar surface area (TPSA) is 51.5 Å². The predicted octanol–water partition coefficient (Wildman–Crippen LogP) is 4.81. The lowest BCUT2D eigenvalue weighted by molar-refractivity contribution is 0.0765. The van der Waals surface area contributed by atoms with Crippen LogP contribution in [0, 0.1) is 0 Å². The van der Waals surface area contributed by atoms with E-state index in [1.807, 2.05) is 16.7 Å². The van der Waals surface area contributed by atoms with Gasteiger partial charge in [0.2, 0.25) is 0 Å². The fourth-order valence-electron chi connectivity index (χ4n) is 2.45. The molecule has 7 heteroatoms. The lowest BCUT2D eigenvalue weighted by Gasteiger charge is -2.17. The Bertz CT molecular complexity index is 875. The maximum absolute atomic E-state index is 12.8. The number of hydrogen-bond acceptors (Lipinski definition) is 3. The molecule has 0 N–H and O–H groups in total. The number of allylic oxidation sites excluding steroid dienone is 1. The average molecular weight is 442 g/mol. The molecule has 0 radical (unpaired) electrons. The van der Waals surface area contributed by atoms with E-state index in [1.165, 1.54) is 0 Å². The molecule has 0 aliphatic heterocycles. The number of fused-ring (bicyclic) bond motifs is 1. The van der Waals surface area contributed by atoms with Crippen molar-refractivity contribution >= 4 is 48.9 Å². The average Bonchev–Trinajstić information content (AvgIpc) is 3.15. The molecule has 1 amide bonds.